The van der Waals surface area contributed by atoms with Crippen molar-refractivity contribution in [3.63, 3.8) is 0 Å². The number of carbonyl (C=O) groups is 2. The van der Waals surface area contributed by atoms with Gasteiger partial charge in [0.1, 0.15) is 0 Å². The zero-order valence-corrected chi connectivity index (χ0v) is 13.4. The van der Waals surface area contributed by atoms with E-state index in [1.54, 1.807) is 0 Å². The molecule has 0 aromatic heterocycles. The molecule has 0 spiro atoms. The molecule has 5 heteroatoms. The van der Waals surface area contributed by atoms with Gasteiger partial charge in [0, 0.05) is 12.5 Å². The summed E-state index contributed by atoms with van der Waals surface area (Å²) in [5.74, 6) is -1.40. The molecule has 0 aliphatic heterocycles. The Hall–Kier alpha value is -1.88. The summed E-state index contributed by atoms with van der Waals surface area (Å²) >= 11 is 0. The number of aliphatic carboxylic acids is 1. The van der Waals surface area contributed by atoms with E-state index in [9.17, 15) is 14.7 Å². The summed E-state index contributed by atoms with van der Waals surface area (Å²) in [5, 5.41) is 12.2. The van der Waals surface area contributed by atoms with E-state index in [-0.39, 0.29) is 18.4 Å². The van der Waals surface area contributed by atoms with Gasteiger partial charge in [-0.25, -0.2) is 0 Å². The van der Waals surface area contributed by atoms with Crippen LogP contribution in [-0.4, -0.2) is 29.6 Å². The van der Waals surface area contributed by atoms with E-state index in [0.29, 0.717) is 19.6 Å². The molecule has 2 N–H and O–H groups in total. The van der Waals surface area contributed by atoms with Crippen LogP contribution in [0, 0.1) is 5.92 Å². The number of carbonyl (C=O) groups excluding carboxylic acids is 1. The number of nitrogens with one attached hydrogen (secondary N) is 1. The Labute approximate surface area is 137 Å². The van der Waals surface area contributed by atoms with Crippen LogP contribution in [0.25, 0.3) is 0 Å². The van der Waals surface area contributed by atoms with Gasteiger partial charge in [-0.15, -0.1) is 0 Å². The molecule has 23 heavy (non-hydrogen) atoms. The molecule has 0 saturated heterocycles. The largest absolute Gasteiger partial charge is 0.481 e. The lowest BCUT2D eigenvalue weighted by molar-refractivity contribution is -0.143. The predicted molar refractivity (Wildman–Crippen MR) is 86.9 cm³/mol. The standard InChI is InChI=1S/C18H25NO4/c20-17(11-12-23-13-14-7-3-1-4-8-14)19-16-10-6-2-5-9-15(16)18(21)22/h1,3-4,7-8,15-16H,2,5-6,9-13H2,(H,19,20)(H,21,22)/t15-,16+/m1/s1. The predicted octanol–water partition coefficient (Wildman–Crippen LogP) is 2.74. The smallest absolute Gasteiger partial charge is 0.308 e. The van der Waals surface area contributed by atoms with Crippen molar-refractivity contribution in [2.24, 2.45) is 5.92 Å². The quantitative estimate of drug-likeness (QED) is 0.598. The topological polar surface area (TPSA) is 75.6 Å². The minimum absolute atomic E-state index is 0.129. The molecule has 0 unspecified atom stereocenters. The summed E-state index contributed by atoms with van der Waals surface area (Å²) in [6.45, 7) is 0.820. The van der Waals surface area contributed by atoms with E-state index in [0.717, 1.165) is 31.2 Å². The van der Waals surface area contributed by atoms with Crippen LogP contribution < -0.4 is 5.32 Å². The molecular weight excluding hydrogens is 294 g/mol. The average molecular weight is 319 g/mol. The van der Waals surface area contributed by atoms with Gasteiger partial charge >= 0.3 is 5.97 Å². The van der Waals surface area contributed by atoms with E-state index in [1.807, 2.05) is 30.3 Å². The molecule has 1 fully saturated rings. The van der Waals surface area contributed by atoms with E-state index in [1.165, 1.54) is 0 Å². The maximum atomic E-state index is 12.0. The molecule has 0 heterocycles. The van der Waals surface area contributed by atoms with E-state index >= 15 is 0 Å². The normalized spacial score (nSPS) is 21.4. The number of hydrogen-bond acceptors (Lipinski definition) is 3. The van der Waals surface area contributed by atoms with E-state index in [2.05, 4.69) is 5.32 Å². The highest BCUT2D eigenvalue weighted by Gasteiger charge is 2.30. The van der Waals surface area contributed by atoms with Gasteiger partial charge < -0.3 is 15.2 Å². The summed E-state index contributed by atoms with van der Waals surface area (Å²) in [5.41, 5.74) is 1.07. The lowest BCUT2D eigenvalue weighted by atomic mass is 9.95. The molecule has 2 rings (SSSR count). The maximum Gasteiger partial charge on any atom is 0.308 e. The third-order valence-electron chi connectivity index (χ3n) is 4.26. The molecule has 1 amide bonds. The van der Waals surface area contributed by atoms with Gasteiger partial charge in [-0.05, 0) is 18.4 Å². The van der Waals surface area contributed by atoms with Gasteiger partial charge in [-0.3, -0.25) is 9.59 Å². The van der Waals surface area contributed by atoms with Crippen molar-refractivity contribution in [2.45, 2.75) is 51.2 Å². The Bertz CT molecular complexity index is 503. The van der Waals surface area contributed by atoms with Crippen LogP contribution in [-0.2, 0) is 20.9 Å². The zero-order chi connectivity index (χ0) is 16.5. The minimum atomic E-state index is -0.808. The lowest BCUT2D eigenvalue weighted by Crippen LogP contribution is -2.43. The van der Waals surface area contributed by atoms with Crippen molar-refractivity contribution in [3.8, 4) is 0 Å². The number of rotatable bonds is 7. The number of carboxylic acids is 1. The van der Waals surface area contributed by atoms with Crippen LogP contribution in [0.5, 0.6) is 0 Å². The monoisotopic (exact) mass is 319 g/mol. The highest BCUT2D eigenvalue weighted by molar-refractivity contribution is 5.78. The summed E-state index contributed by atoms with van der Waals surface area (Å²) in [7, 11) is 0. The zero-order valence-electron chi connectivity index (χ0n) is 13.4. The van der Waals surface area contributed by atoms with Crippen molar-refractivity contribution in [2.75, 3.05) is 6.61 Å². The van der Waals surface area contributed by atoms with Crippen molar-refractivity contribution in [1.82, 2.24) is 5.32 Å². The van der Waals surface area contributed by atoms with Crippen LogP contribution in [0.3, 0.4) is 0 Å². The summed E-state index contributed by atoms with van der Waals surface area (Å²) < 4.78 is 5.50. The Kier molecular flexibility index (Phi) is 7.07. The molecule has 1 aliphatic rings. The first-order valence-corrected chi connectivity index (χ1v) is 8.30. The molecule has 5 nitrogen and oxygen atoms in total. The van der Waals surface area contributed by atoms with E-state index < -0.39 is 11.9 Å². The highest BCUT2D eigenvalue weighted by atomic mass is 16.5. The van der Waals surface area contributed by atoms with E-state index in [4.69, 9.17) is 4.74 Å². The summed E-state index contributed by atoms with van der Waals surface area (Å²) in [6.07, 6.45) is 4.58. The molecule has 2 atom stereocenters. The summed E-state index contributed by atoms with van der Waals surface area (Å²) in [4.78, 5) is 23.4. The number of carboxylic acid groups (broad SMARTS) is 1. The van der Waals surface area contributed by atoms with Gasteiger partial charge in [-0.1, -0.05) is 49.6 Å². The van der Waals surface area contributed by atoms with Crippen LogP contribution >= 0.6 is 0 Å². The number of benzene rings is 1. The Balaban J connectivity index is 1.71. The fourth-order valence-electron chi connectivity index (χ4n) is 2.98. The Morgan fingerprint density at radius 1 is 1.13 bits per heavy atom. The van der Waals surface area contributed by atoms with Gasteiger partial charge in [-0.2, -0.15) is 0 Å². The number of ether oxygens (including phenoxy) is 1. The second-order valence-corrected chi connectivity index (χ2v) is 6.04. The van der Waals surface area contributed by atoms with Crippen LogP contribution in [0.15, 0.2) is 30.3 Å². The molecule has 1 saturated carbocycles. The van der Waals surface area contributed by atoms with Gasteiger partial charge in [0.25, 0.3) is 0 Å². The Morgan fingerprint density at radius 3 is 2.61 bits per heavy atom. The molecule has 1 aromatic rings. The molecule has 1 aromatic carbocycles. The van der Waals surface area contributed by atoms with Crippen LogP contribution in [0.2, 0.25) is 0 Å². The highest BCUT2D eigenvalue weighted by Crippen LogP contribution is 2.23. The number of amides is 1. The second kappa shape index (κ2) is 9.30. The SMILES string of the molecule is O=C(CCOCc1ccccc1)N[C@H]1CCCCC[C@H]1C(=O)O. The fraction of sp³-hybridized carbons (Fsp3) is 0.556. The minimum Gasteiger partial charge on any atom is -0.481 e. The molecule has 0 bridgehead atoms. The lowest BCUT2D eigenvalue weighted by Gasteiger charge is -2.22. The van der Waals surface area contributed by atoms with Crippen molar-refractivity contribution < 1.29 is 19.4 Å². The first kappa shape index (κ1) is 17.5. The third kappa shape index (κ3) is 6.02. The molecule has 1 aliphatic carbocycles. The number of hydrogen-bond donors (Lipinski definition) is 2. The molecule has 126 valence electrons. The second-order valence-electron chi connectivity index (χ2n) is 6.04. The van der Waals surface area contributed by atoms with Gasteiger partial charge in [0.15, 0.2) is 0 Å². The van der Waals surface area contributed by atoms with Gasteiger partial charge in [0.05, 0.1) is 19.1 Å². The molecule has 0 radical (unpaired) electrons. The average Bonchev–Trinajstić information content (AvgIpc) is 2.78. The van der Waals surface area contributed by atoms with Crippen LogP contribution in [0.1, 0.15) is 44.1 Å². The van der Waals surface area contributed by atoms with Crippen molar-refractivity contribution in [3.05, 3.63) is 35.9 Å². The molecular formula is C18H25NO4. The van der Waals surface area contributed by atoms with Crippen molar-refractivity contribution >= 4 is 11.9 Å². The van der Waals surface area contributed by atoms with Crippen molar-refractivity contribution in [1.29, 1.82) is 0 Å². The van der Waals surface area contributed by atoms with Crippen LogP contribution in [0.4, 0.5) is 0 Å². The first-order chi connectivity index (χ1) is 11.2. The van der Waals surface area contributed by atoms with Gasteiger partial charge in [0.2, 0.25) is 5.91 Å². The maximum absolute atomic E-state index is 12.0. The summed E-state index contributed by atoms with van der Waals surface area (Å²) in [6, 6.07) is 9.54. The fourth-order valence-corrected chi connectivity index (χ4v) is 2.98. The first-order valence-electron chi connectivity index (χ1n) is 8.30. The Morgan fingerprint density at radius 2 is 1.87 bits per heavy atom. The third-order valence-corrected chi connectivity index (χ3v) is 4.26.